The lowest BCUT2D eigenvalue weighted by atomic mass is 9.95. The Morgan fingerprint density at radius 1 is 1.10 bits per heavy atom. The minimum atomic E-state index is 0.139. The largest absolute Gasteiger partial charge is 0.353 e. The van der Waals surface area contributed by atoms with Gasteiger partial charge in [0.15, 0.2) is 0 Å². The van der Waals surface area contributed by atoms with Crippen molar-refractivity contribution in [2.45, 2.75) is 70.9 Å². The average Bonchev–Trinajstić information content (AvgIpc) is 3.03. The number of aryl methyl sites for hydroxylation is 1. The molecular formula is C23H32N4O2. The molecule has 0 spiro atoms. The van der Waals surface area contributed by atoms with Crippen LogP contribution >= 0.6 is 0 Å². The van der Waals surface area contributed by atoms with Crippen LogP contribution in [0, 0.1) is 12.8 Å². The molecule has 2 aromatic rings. The van der Waals surface area contributed by atoms with Gasteiger partial charge in [-0.3, -0.25) is 9.69 Å². The van der Waals surface area contributed by atoms with Crippen LogP contribution in [-0.4, -0.2) is 40.1 Å². The Morgan fingerprint density at radius 3 is 2.55 bits per heavy atom. The highest BCUT2D eigenvalue weighted by Crippen LogP contribution is 2.23. The Balaban J connectivity index is 1.26. The van der Waals surface area contributed by atoms with Crippen molar-refractivity contribution < 1.29 is 9.32 Å². The summed E-state index contributed by atoms with van der Waals surface area (Å²) in [6.07, 6.45) is 9.21. The number of piperidine rings is 1. The van der Waals surface area contributed by atoms with Crippen molar-refractivity contribution in [3.05, 3.63) is 35.7 Å². The number of carbonyl (C=O) groups is 1. The van der Waals surface area contributed by atoms with Crippen LogP contribution in [0.5, 0.6) is 0 Å². The number of nitrogens with one attached hydrogen (secondary N) is 1. The highest BCUT2D eigenvalue weighted by atomic mass is 16.5. The van der Waals surface area contributed by atoms with E-state index in [1.165, 1.54) is 25.7 Å². The quantitative estimate of drug-likeness (QED) is 0.771. The standard InChI is InChI=1S/C23H32N4O2/c1-17-8-6-7-11-20(17)22-25-21(29-26-22)16-27-14-12-18(13-15-27)23(28)24-19-9-4-2-3-5-10-19/h6-8,11,18-19H,2-5,9-10,12-16H2,1H3,(H,24,28). The van der Waals surface area contributed by atoms with Crippen LogP contribution in [0.4, 0.5) is 0 Å². The number of aromatic nitrogens is 2. The van der Waals surface area contributed by atoms with E-state index in [0.29, 0.717) is 24.3 Å². The zero-order chi connectivity index (χ0) is 20.1. The van der Waals surface area contributed by atoms with E-state index in [1.54, 1.807) is 0 Å². The number of benzene rings is 1. The van der Waals surface area contributed by atoms with Crippen molar-refractivity contribution >= 4 is 5.91 Å². The zero-order valence-corrected chi connectivity index (χ0v) is 17.4. The summed E-state index contributed by atoms with van der Waals surface area (Å²) >= 11 is 0. The average molecular weight is 397 g/mol. The van der Waals surface area contributed by atoms with Crippen molar-refractivity contribution in [2.75, 3.05) is 13.1 Å². The molecule has 0 atom stereocenters. The maximum atomic E-state index is 12.7. The molecule has 1 aromatic carbocycles. The molecule has 0 unspecified atom stereocenters. The van der Waals surface area contributed by atoms with Gasteiger partial charge in [-0.15, -0.1) is 0 Å². The van der Waals surface area contributed by atoms with Gasteiger partial charge in [-0.1, -0.05) is 55.1 Å². The first kappa shape index (κ1) is 20.1. The Morgan fingerprint density at radius 2 is 1.83 bits per heavy atom. The fourth-order valence-electron chi connectivity index (χ4n) is 4.54. The van der Waals surface area contributed by atoms with E-state index in [2.05, 4.69) is 33.3 Å². The van der Waals surface area contributed by atoms with Gasteiger partial charge in [-0.2, -0.15) is 4.98 Å². The van der Waals surface area contributed by atoms with Gasteiger partial charge in [0.2, 0.25) is 17.6 Å². The molecule has 6 nitrogen and oxygen atoms in total. The third kappa shape index (κ3) is 5.24. The second kappa shape index (κ2) is 9.53. The van der Waals surface area contributed by atoms with Crippen LogP contribution in [0.25, 0.3) is 11.4 Å². The fourth-order valence-corrected chi connectivity index (χ4v) is 4.54. The maximum Gasteiger partial charge on any atom is 0.241 e. The first-order valence-corrected chi connectivity index (χ1v) is 11.1. The van der Waals surface area contributed by atoms with Gasteiger partial charge >= 0.3 is 0 Å². The molecule has 29 heavy (non-hydrogen) atoms. The van der Waals surface area contributed by atoms with Crippen LogP contribution in [0.2, 0.25) is 0 Å². The Hall–Kier alpha value is -2.21. The van der Waals surface area contributed by atoms with Crippen LogP contribution < -0.4 is 5.32 Å². The van der Waals surface area contributed by atoms with Crippen molar-refractivity contribution in [3.8, 4) is 11.4 Å². The fraction of sp³-hybridized carbons (Fsp3) is 0.609. The number of amides is 1. The van der Waals surface area contributed by atoms with Gasteiger partial charge in [0, 0.05) is 17.5 Å². The van der Waals surface area contributed by atoms with E-state index < -0.39 is 0 Å². The summed E-state index contributed by atoms with van der Waals surface area (Å²) in [6.45, 7) is 4.49. The van der Waals surface area contributed by atoms with Gasteiger partial charge in [0.1, 0.15) is 0 Å². The van der Waals surface area contributed by atoms with Crippen molar-refractivity contribution in [3.63, 3.8) is 0 Å². The summed E-state index contributed by atoms with van der Waals surface area (Å²) < 4.78 is 5.48. The summed E-state index contributed by atoms with van der Waals surface area (Å²) in [7, 11) is 0. The first-order valence-electron chi connectivity index (χ1n) is 11.1. The summed E-state index contributed by atoms with van der Waals surface area (Å²) in [4.78, 5) is 19.6. The van der Waals surface area contributed by atoms with Gasteiger partial charge in [-0.05, 0) is 51.3 Å². The predicted octanol–water partition coefficient (Wildman–Crippen LogP) is 4.10. The molecule has 4 rings (SSSR count). The van der Waals surface area contributed by atoms with E-state index in [9.17, 15) is 4.79 Å². The van der Waals surface area contributed by atoms with Crippen LogP contribution in [0.15, 0.2) is 28.8 Å². The topological polar surface area (TPSA) is 71.3 Å². The smallest absolute Gasteiger partial charge is 0.241 e. The SMILES string of the molecule is Cc1ccccc1-c1noc(CN2CCC(C(=O)NC3CCCCCC3)CC2)n1. The van der Waals surface area contributed by atoms with Gasteiger partial charge in [-0.25, -0.2) is 0 Å². The monoisotopic (exact) mass is 396 g/mol. The molecule has 2 heterocycles. The molecule has 1 saturated heterocycles. The summed E-state index contributed by atoms with van der Waals surface area (Å²) in [5, 5.41) is 7.47. The molecule has 0 radical (unpaired) electrons. The second-order valence-corrected chi connectivity index (χ2v) is 8.57. The molecule has 1 saturated carbocycles. The number of carbonyl (C=O) groups excluding carboxylic acids is 1. The van der Waals surface area contributed by atoms with E-state index in [-0.39, 0.29) is 11.8 Å². The number of hydrogen-bond donors (Lipinski definition) is 1. The van der Waals surface area contributed by atoms with Crippen molar-refractivity contribution in [1.82, 2.24) is 20.4 Å². The molecule has 1 amide bonds. The summed E-state index contributed by atoms with van der Waals surface area (Å²) in [5.74, 6) is 1.69. The Bertz CT molecular complexity index is 803. The van der Waals surface area contributed by atoms with Gasteiger partial charge in [0.05, 0.1) is 6.54 Å². The lowest BCUT2D eigenvalue weighted by Gasteiger charge is -2.31. The highest BCUT2D eigenvalue weighted by molar-refractivity contribution is 5.79. The minimum absolute atomic E-state index is 0.139. The lowest BCUT2D eigenvalue weighted by Crippen LogP contribution is -2.43. The lowest BCUT2D eigenvalue weighted by molar-refractivity contribution is -0.127. The van der Waals surface area contributed by atoms with Gasteiger partial charge in [0.25, 0.3) is 0 Å². The Kier molecular flexibility index (Phi) is 6.60. The van der Waals surface area contributed by atoms with E-state index in [1.807, 2.05) is 18.2 Å². The van der Waals surface area contributed by atoms with Crippen molar-refractivity contribution in [2.24, 2.45) is 5.92 Å². The minimum Gasteiger partial charge on any atom is -0.353 e. The molecule has 6 heteroatoms. The first-order chi connectivity index (χ1) is 14.2. The van der Waals surface area contributed by atoms with Crippen LogP contribution in [0.3, 0.4) is 0 Å². The van der Waals surface area contributed by atoms with Gasteiger partial charge < -0.3 is 9.84 Å². The summed E-state index contributed by atoms with van der Waals surface area (Å²) in [5.41, 5.74) is 2.15. The number of likely N-dealkylation sites (tertiary alicyclic amines) is 1. The molecule has 1 aromatic heterocycles. The zero-order valence-electron chi connectivity index (χ0n) is 17.4. The molecule has 2 fully saturated rings. The number of rotatable bonds is 5. The third-order valence-corrected chi connectivity index (χ3v) is 6.37. The third-order valence-electron chi connectivity index (χ3n) is 6.37. The summed E-state index contributed by atoms with van der Waals surface area (Å²) in [6, 6.07) is 8.46. The predicted molar refractivity (Wildman–Crippen MR) is 112 cm³/mol. The molecule has 156 valence electrons. The maximum absolute atomic E-state index is 12.7. The van der Waals surface area contributed by atoms with Crippen LogP contribution in [-0.2, 0) is 11.3 Å². The number of nitrogens with zero attached hydrogens (tertiary/aromatic N) is 3. The second-order valence-electron chi connectivity index (χ2n) is 8.57. The van der Waals surface area contributed by atoms with E-state index in [4.69, 9.17) is 4.52 Å². The molecule has 2 aliphatic rings. The highest BCUT2D eigenvalue weighted by Gasteiger charge is 2.27. The molecule has 1 aliphatic heterocycles. The molecule has 0 bridgehead atoms. The molecule has 1 aliphatic carbocycles. The molecule has 1 N–H and O–H groups in total. The normalized spacial score (nSPS) is 19.8. The Labute approximate surface area is 173 Å². The van der Waals surface area contributed by atoms with E-state index >= 15 is 0 Å². The molecular weight excluding hydrogens is 364 g/mol. The van der Waals surface area contributed by atoms with Crippen LogP contribution in [0.1, 0.15) is 62.8 Å². The van der Waals surface area contributed by atoms with E-state index in [0.717, 1.165) is 49.9 Å². The van der Waals surface area contributed by atoms with Crippen molar-refractivity contribution in [1.29, 1.82) is 0 Å². The number of hydrogen-bond acceptors (Lipinski definition) is 5.